The lowest BCUT2D eigenvalue weighted by atomic mass is 9.98. The molecule has 0 unspecified atom stereocenters. The molecular weight excluding hydrogens is 332 g/mol. The van der Waals surface area contributed by atoms with Crippen LogP contribution in [0.25, 0.3) is 22.1 Å². The Morgan fingerprint density at radius 2 is 1.81 bits per heavy atom. The number of anilines is 1. The second kappa shape index (κ2) is 6.65. The molecule has 1 fully saturated rings. The van der Waals surface area contributed by atoms with E-state index >= 15 is 0 Å². The molecule has 3 aromatic rings. The molecule has 0 spiro atoms. The van der Waals surface area contributed by atoms with Gasteiger partial charge >= 0.3 is 0 Å². The van der Waals surface area contributed by atoms with E-state index in [4.69, 9.17) is 14.9 Å². The maximum Gasteiger partial charge on any atom is 0.249 e. The van der Waals surface area contributed by atoms with Crippen LogP contribution in [0.1, 0.15) is 10.4 Å². The highest BCUT2D eigenvalue weighted by Gasteiger charge is 2.16. The summed E-state index contributed by atoms with van der Waals surface area (Å²) in [5.41, 5.74) is 7.72. The molecule has 6 nitrogen and oxygen atoms in total. The molecule has 0 radical (unpaired) electrons. The summed E-state index contributed by atoms with van der Waals surface area (Å²) >= 11 is 0. The monoisotopic (exact) mass is 350 g/mol. The molecular formula is C20H18N2O4. The lowest BCUT2D eigenvalue weighted by Gasteiger charge is -2.27. The normalized spacial score (nSPS) is 14.5. The van der Waals surface area contributed by atoms with Gasteiger partial charge in [0.25, 0.3) is 0 Å². The number of carbonyl (C=O) groups is 1. The average molecular weight is 350 g/mol. The van der Waals surface area contributed by atoms with Crippen LogP contribution in [0.4, 0.5) is 5.88 Å². The van der Waals surface area contributed by atoms with Crippen LogP contribution in [-0.4, -0.2) is 32.2 Å². The van der Waals surface area contributed by atoms with Gasteiger partial charge in [0.15, 0.2) is 11.3 Å². The maximum atomic E-state index is 12.6. The molecule has 0 saturated carbocycles. The van der Waals surface area contributed by atoms with E-state index in [0.717, 1.165) is 5.56 Å². The number of benzene rings is 2. The van der Waals surface area contributed by atoms with Crippen LogP contribution in [-0.2, 0) is 4.74 Å². The van der Waals surface area contributed by atoms with Crippen molar-refractivity contribution in [1.29, 1.82) is 0 Å². The first-order valence-corrected chi connectivity index (χ1v) is 8.43. The molecule has 2 heterocycles. The summed E-state index contributed by atoms with van der Waals surface area (Å²) in [4.78, 5) is 26.3. The number of rotatable bonds is 3. The molecule has 2 N–H and O–H groups in total. The number of hydrogen-bond donors (Lipinski definition) is 1. The van der Waals surface area contributed by atoms with Gasteiger partial charge in [-0.3, -0.25) is 9.59 Å². The van der Waals surface area contributed by atoms with Gasteiger partial charge in [-0.05, 0) is 29.3 Å². The molecule has 1 amide bonds. The Bertz CT molecular complexity index is 1040. The quantitative estimate of drug-likeness (QED) is 0.784. The molecule has 132 valence electrons. The second-order valence-electron chi connectivity index (χ2n) is 6.17. The van der Waals surface area contributed by atoms with Crippen molar-refractivity contribution in [3.05, 3.63) is 64.3 Å². The third kappa shape index (κ3) is 2.95. The Morgan fingerprint density at radius 3 is 2.58 bits per heavy atom. The van der Waals surface area contributed by atoms with E-state index in [-0.39, 0.29) is 5.43 Å². The average Bonchev–Trinajstić information content (AvgIpc) is 2.68. The van der Waals surface area contributed by atoms with Gasteiger partial charge in [0.1, 0.15) is 5.58 Å². The van der Waals surface area contributed by atoms with Gasteiger partial charge in [-0.25, -0.2) is 0 Å². The second-order valence-corrected chi connectivity index (χ2v) is 6.17. The van der Waals surface area contributed by atoms with E-state index in [0.29, 0.717) is 54.3 Å². The highest BCUT2D eigenvalue weighted by molar-refractivity contribution is 6.00. The van der Waals surface area contributed by atoms with Gasteiger partial charge in [-0.2, -0.15) is 0 Å². The molecule has 26 heavy (non-hydrogen) atoms. The number of morpholine rings is 1. The van der Waals surface area contributed by atoms with E-state index in [1.165, 1.54) is 6.07 Å². The van der Waals surface area contributed by atoms with Crippen LogP contribution in [0.15, 0.2) is 57.7 Å². The van der Waals surface area contributed by atoms with E-state index in [1.807, 2.05) is 23.1 Å². The van der Waals surface area contributed by atoms with E-state index in [1.54, 1.807) is 24.3 Å². The molecule has 0 atom stereocenters. The molecule has 1 aliphatic rings. The molecule has 4 rings (SSSR count). The number of nitrogens with two attached hydrogens (primary N) is 1. The zero-order valence-corrected chi connectivity index (χ0v) is 14.1. The summed E-state index contributed by atoms with van der Waals surface area (Å²) < 4.78 is 11.3. The molecule has 6 heteroatoms. The number of hydrogen-bond acceptors (Lipinski definition) is 5. The molecule has 1 aromatic heterocycles. The van der Waals surface area contributed by atoms with Crippen molar-refractivity contribution in [3.8, 4) is 11.1 Å². The van der Waals surface area contributed by atoms with Crippen molar-refractivity contribution in [2.75, 3.05) is 31.2 Å². The fourth-order valence-corrected chi connectivity index (χ4v) is 3.20. The van der Waals surface area contributed by atoms with E-state index < -0.39 is 5.91 Å². The smallest absolute Gasteiger partial charge is 0.249 e. The van der Waals surface area contributed by atoms with Gasteiger partial charge in [0, 0.05) is 24.7 Å². The minimum absolute atomic E-state index is 0.119. The van der Waals surface area contributed by atoms with Gasteiger partial charge < -0.3 is 19.8 Å². The molecule has 1 saturated heterocycles. The van der Waals surface area contributed by atoms with Crippen LogP contribution in [0.5, 0.6) is 0 Å². The van der Waals surface area contributed by atoms with Crippen LogP contribution in [0, 0.1) is 0 Å². The Kier molecular flexibility index (Phi) is 4.18. The number of primary amides is 1. The highest BCUT2D eigenvalue weighted by atomic mass is 16.5. The minimum atomic E-state index is -0.504. The van der Waals surface area contributed by atoms with Crippen molar-refractivity contribution < 1.29 is 13.9 Å². The first kappa shape index (κ1) is 16.4. The Morgan fingerprint density at radius 1 is 1.04 bits per heavy atom. The summed E-state index contributed by atoms with van der Waals surface area (Å²) in [6.45, 7) is 2.62. The summed E-state index contributed by atoms with van der Waals surface area (Å²) in [5.74, 6) is 0.0477. The maximum absolute atomic E-state index is 12.6. The third-order valence-electron chi connectivity index (χ3n) is 4.54. The predicted octanol–water partition coefficient (Wildman–Crippen LogP) is 2.40. The SMILES string of the molecule is NC(=O)c1ccccc1-c1ccc2oc(N3CCOCC3)cc(=O)c2c1. The fraction of sp³-hybridized carbons (Fsp3) is 0.200. The lowest BCUT2D eigenvalue weighted by Crippen LogP contribution is -2.36. The van der Waals surface area contributed by atoms with E-state index in [9.17, 15) is 9.59 Å². The zero-order chi connectivity index (χ0) is 18.1. The molecule has 0 aliphatic carbocycles. The summed E-state index contributed by atoms with van der Waals surface area (Å²) in [6, 6.07) is 13.9. The van der Waals surface area contributed by atoms with Gasteiger partial charge in [0.05, 0.1) is 18.6 Å². The van der Waals surface area contributed by atoms with Crippen LogP contribution in [0.2, 0.25) is 0 Å². The van der Waals surface area contributed by atoms with Gasteiger partial charge in [-0.1, -0.05) is 24.3 Å². The van der Waals surface area contributed by atoms with Crippen LogP contribution >= 0.6 is 0 Å². The summed E-state index contributed by atoms with van der Waals surface area (Å²) in [7, 11) is 0. The summed E-state index contributed by atoms with van der Waals surface area (Å²) in [6.07, 6.45) is 0. The Hall–Kier alpha value is -3.12. The number of nitrogens with zero attached hydrogens (tertiary/aromatic N) is 1. The largest absolute Gasteiger partial charge is 0.440 e. The topological polar surface area (TPSA) is 85.8 Å². The van der Waals surface area contributed by atoms with Crippen molar-refractivity contribution in [2.45, 2.75) is 0 Å². The zero-order valence-electron chi connectivity index (χ0n) is 14.1. The van der Waals surface area contributed by atoms with E-state index in [2.05, 4.69) is 0 Å². The number of ether oxygens (including phenoxy) is 1. The number of carbonyl (C=O) groups excluding carboxylic acids is 1. The number of fused-ring (bicyclic) bond motifs is 1. The van der Waals surface area contributed by atoms with Gasteiger partial charge in [0.2, 0.25) is 5.91 Å². The Balaban J connectivity index is 1.80. The first-order chi connectivity index (χ1) is 12.6. The predicted molar refractivity (Wildman–Crippen MR) is 99.5 cm³/mol. The standard InChI is InChI=1S/C20H18N2O4/c21-20(24)15-4-2-1-3-14(15)13-5-6-18-16(11-13)17(23)12-19(26-18)22-7-9-25-10-8-22/h1-6,11-12H,7-10H2,(H2,21,24). The van der Waals surface area contributed by atoms with Crippen molar-refractivity contribution in [1.82, 2.24) is 0 Å². The highest BCUT2D eigenvalue weighted by Crippen LogP contribution is 2.28. The third-order valence-corrected chi connectivity index (χ3v) is 4.54. The number of amides is 1. The lowest BCUT2D eigenvalue weighted by molar-refractivity contribution is 0.100. The summed E-state index contributed by atoms with van der Waals surface area (Å²) in [5, 5.41) is 0.471. The Labute approximate surface area is 149 Å². The van der Waals surface area contributed by atoms with Crippen molar-refractivity contribution >= 4 is 22.8 Å². The first-order valence-electron chi connectivity index (χ1n) is 8.43. The van der Waals surface area contributed by atoms with Crippen LogP contribution < -0.4 is 16.1 Å². The van der Waals surface area contributed by atoms with Crippen LogP contribution in [0.3, 0.4) is 0 Å². The molecule has 2 aromatic carbocycles. The molecule has 0 bridgehead atoms. The van der Waals surface area contributed by atoms with Gasteiger partial charge in [-0.15, -0.1) is 0 Å². The van der Waals surface area contributed by atoms with Crippen molar-refractivity contribution in [2.24, 2.45) is 5.73 Å². The minimum Gasteiger partial charge on any atom is -0.440 e. The molecule has 1 aliphatic heterocycles. The fourth-order valence-electron chi connectivity index (χ4n) is 3.20. The van der Waals surface area contributed by atoms with Crippen molar-refractivity contribution in [3.63, 3.8) is 0 Å².